The van der Waals surface area contributed by atoms with Crippen LogP contribution in [0, 0.1) is 5.82 Å². The van der Waals surface area contributed by atoms with Crippen molar-refractivity contribution in [3.8, 4) is 0 Å². The van der Waals surface area contributed by atoms with E-state index in [1.165, 1.54) is 6.07 Å². The molecule has 1 saturated heterocycles. The van der Waals surface area contributed by atoms with Crippen LogP contribution in [-0.4, -0.2) is 22.8 Å². The molecule has 1 atom stereocenters. The summed E-state index contributed by atoms with van der Waals surface area (Å²) in [7, 11) is 0. The Balaban J connectivity index is 2.29. The lowest BCUT2D eigenvalue weighted by atomic mass is 9.99. The fraction of sp³-hybridized carbons (Fsp3) is 0.500. The summed E-state index contributed by atoms with van der Waals surface area (Å²) in [5, 5.41) is 0. The monoisotopic (exact) mass is 263 g/mol. The molecule has 1 fully saturated rings. The molecule has 1 aliphatic heterocycles. The molecule has 0 saturated carbocycles. The minimum Gasteiger partial charge on any atom is -0.379 e. The number of hydrogen-bond acceptors (Lipinski definition) is 3. The van der Waals surface area contributed by atoms with Crippen molar-refractivity contribution in [2.75, 3.05) is 13.2 Å². The smallest absolute Gasteiger partial charge is 0.151 e. The second kappa shape index (κ2) is 4.28. The molecule has 0 spiro atoms. The molecule has 5 heteroatoms. The highest BCUT2D eigenvalue weighted by Crippen LogP contribution is 2.32. The minimum absolute atomic E-state index is 0.169. The van der Waals surface area contributed by atoms with Crippen molar-refractivity contribution in [3.05, 3.63) is 29.8 Å². The van der Waals surface area contributed by atoms with Crippen molar-refractivity contribution in [2.45, 2.75) is 31.8 Å². The summed E-state index contributed by atoms with van der Waals surface area (Å²) in [5.74, 6) is 0.417. The van der Waals surface area contributed by atoms with E-state index in [0.29, 0.717) is 25.2 Å². The highest BCUT2D eigenvalue weighted by molar-refractivity contribution is 5.77. The lowest BCUT2D eigenvalue weighted by Crippen LogP contribution is -2.40. The quantitative estimate of drug-likeness (QED) is 0.904. The second-order valence-corrected chi connectivity index (χ2v) is 5.47. The summed E-state index contributed by atoms with van der Waals surface area (Å²) in [4.78, 5) is 4.47. The predicted molar refractivity (Wildman–Crippen MR) is 71.4 cm³/mol. The van der Waals surface area contributed by atoms with Gasteiger partial charge >= 0.3 is 0 Å². The number of ether oxygens (including phenoxy) is 1. The molecule has 1 unspecified atom stereocenters. The number of nitrogens with zero attached hydrogens (tertiary/aromatic N) is 2. The van der Waals surface area contributed by atoms with Crippen LogP contribution in [0.4, 0.5) is 4.39 Å². The maximum absolute atomic E-state index is 13.9. The summed E-state index contributed by atoms with van der Waals surface area (Å²) >= 11 is 0. The Kier molecular flexibility index (Phi) is 2.83. The van der Waals surface area contributed by atoms with Crippen molar-refractivity contribution in [3.63, 3.8) is 0 Å². The van der Waals surface area contributed by atoms with Crippen LogP contribution in [0.25, 0.3) is 11.0 Å². The van der Waals surface area contributed by atoms with Crippen molar-refractivity contribution < 1.29 is 9.13 Å². The van der Waals surface area contributed by atoms with Crippen molar-refractivity contribution in [1.82, 2.24) is 9.55 Å². The first kappa shape index (κ1) is 12.6. The molecule has 1 aliphatic rings. The summed E-state index contributed by atoms with van der Waals surface area (Å²) in [5.41, 5.74) is 6.97. The van der Waals surface area contributed by atoms with Gasteiger partial charge in [0.2, 0.25) is 0 Å². The first-order valence-corrected chi connectivity index (χ1v) is 6.56. The van der Waals surface area contributed by atoms with Gasteiger partial charge in [0.15, 0.2) is 5.82 Å². The zero-order valence-electron chi connectivity index (χ0n) is 11.2. The molecule has 2 N–H and O–H groups in total. The molecule has 1 aromatic carbocycles. The van der Waals surface area contributed by atoms with Crippen molar-refractivity contribution in [2.24, 2.45) is 5.73 Å². The summed E-state index contributed by atoms with van der Waals surface area (Å²) in [6.07, 6.45) is 0.713. The molecular weight excluding hydrogens is 245 g/mol. The van der Waals surface area contributed by atoms with E-state index in [1.807, 2.05) is 10.6 Å². The Morgan fingerprint density at radius 1 is 1.47 bits per heavy atom. The number of imidazole rings is 1. The number of para-hydroxylation sites is 1. The number of aromatic nitrogens is 2. The molecule has 102 valence electrons. The van der Waals surface area contributed by atoms with Gasteiger partial charge in [-0.2, -0.15) is 0 Å². The number of benzene rings is 1. The van der Waals surface area contributed by atoms with Gasteiger partial charge in [-0.25, -0.2) is 9.37 Å². The van der Waals surface area contributed by atoms with Crippen LogP contribution in [0.5, 0.6) is 0 Å². The van der Waals surface area contributed by atoms with Crippen LogP contribution in [0.3, 0.4) is 0 Å². The molecule has 0 amide bonds. The Hall–Kier alpha value is -1.46. The number of rotatable bonds is 2. The lowest BCUT2D eigenvalue weighted by Gasteiger charge is -2.24. The van der Waals surface area contributed by atoms with Crippen LogP contribution in [0.2, 0.25) is 0 Å². The van der Waals surface area contributed by atoms with E-state index >= 15 is 0 Å². The van der Waals surface area contributed by atoms with Gasteiger partial charge < -0.3 is 15.0 Å². The summed E-state index contributed by atoms with van der Waals surface area (Å²) in [6.45, 7) is 5.16. The third kappa shape index (κ3) is 1.84. The lowest BCUT2D eigenvalue weighted by molar-refractivity contribution is 0.175. The molecule has 0 bridgehead atoms. The van der Waals surface area contributed by atoms with E-state index in [0.717, 1.165) is 11.3 Å². The van der Waals surface area contributed by atoms with Gasteiger partial charge in [-0.3, -0.25) is 0 Å². The van der Waals surface area contributed by atoms with Crippen LogP contribution >= 0.6 is 0 Å². The largest absolute Gasteiger partial charge is 0.379 e. The number of nitrogens with two attached hydrogens (primary N) is 1. The minimum atomic E-state index is -0.615. The number of fused-ring (bicyclic) bond motifs is 1. The Labute approximate surface area is 111 Å². The van der Waals surface area contributed by atoms with Gasteiger partial charge in [-0.1, -0.05) is 6.07 Å². The molecule has 0 radical (unpaired) electrons. The average Bonchev–Trinajstić information content (AvgIpc) is 2.94. The van der Waals surface area contributed by atoms with E-state index in [4.69, 9.17) is 10.5 Å². The van der Waals surface area contributed by atoms with E-state index in [2.05, 4.69) is 18.8 Å². The van der Waals surface area contributed by atoms with Gasteiger partial charge in [0.1, 0.15) is 16.9 Å². The van der Waals surface area contributed by atoms with E-state index in [1.54, 1.807) is 6.07 Å². The van der Waals surface area contributed by atoms with Crippen LogP contribution < -0.4 is 5.73 Å². The highest BCUT2D eigenvalue weighted by atomic mass is 19.1. The van der Waals surface area contributed by atoms with Gasteiger partial charge in [-0.05, 0) is 32.4 Å². The third-order valence-electron chi connectivity index (χ3n) is 3.68. The normalized spacial score (nSPS) is 23.6. The van der Waals surface area contributed by atoms with Crippen LogP contribution in [-0.2, 0) is 10.3 Å². The number of hydrogen-bond donors (Lipinski definition) is 1. The predicted octanol–water partition coefficient (Wildman–Crippen LogP) is 2.33. The third-order valence-corrected chi connectivity index (χ3v) is 3.68. The first-order valence-electron chi connectivity index (χ1n) is 6.56. The summed E-state index contributed by atoms with van der Waals surface area (Å²) < 4.78 is 21.3. The van der Waals surface area contributed by atoms with Gasteiger partial charge in [0.05, 0.1) is 12.1 Å². The van der Waals surface area contributed by atoms with E-state index < -0.39 is 5.54 Å². The molecule has 0 aliphatic carbocycles. The van der Waals surface area contributed by atoms with Gasteiger partial charge in [0, 0.05) is 12.6 Å². The SMILES string of the molecule is CC(C)n1c(C2(N)CCOC2)nc2c(F)cccc21. The summed E-state index contributed by atoms with van der Waals surface area (Å²) in [6, 6.07) is 5.19. The molecule has 1 aromatic heterocycles. The van der Waals surface area contributed by atoms with Crippen molar-refractivity contribution in [1.29, 1.82) is 0 Å². The van der Waals surface area contributed by atoms with E-state index in [-0.39, 0.29) is 11.9 Å². The molecule has 4 nitrogen and oxygen atoms in total. The Morgan fingerprint density at radius 2 is 2.26 bits per heavy atom. The fourth-order valence-corrected chi connectivity index (χ4v) is 2.71. The molecule has 2 aromatic rings. The topological polar surface area (TPSA) is 53.1 Å². The fourth-order valence-electron chi connectivity index (χ4n) is 2.71. The Bertz CT molecular complexity index is 614. The molecule has 19 heavy (non-hydrogen) atoms. The average molecular weight is 263 g/mol. The zero-order valence-corrected chi connectivity index (χ0v) is 11.2. The molecule has 2 heterocycles. The highest BCUT2D eigenvalue weighted by Gasteiger charge is 2.38. The standard InChI is InChI=1S/C14H18FN3O/c1-9(2)18-11-5-3-4-10(15)12(11)17-13(18)14(16)6-7-19-8-14/h3-5,9H,6-8,16H2,1-2H3. The van der Waals surface area contributed by atoms with Crippen LogP contribution in [0.15, 0.2) is 18.2 Å². The van der Waals surface area contributed by atoms with Crippen molar-refractivity contribution >= 4 is 11.0 Å². The first-order chi connectivity index (χ1) is 9.03. The van der Waals surface area contributed by atoms with Crippen LogP contribution in [0.1, 0.15) is 32.1 Å². The molecular formula is C14H18FN3O. The van der Waals surface area contributed by atoms with Gasteiger partial charge in [0.25, 0.3) is 0 Å². The maximum atomic E-state index is 13.9. The van der Waals surface area contributed by atoms with Gasteiger partial charge in [-0.15, -0.1) is 0 Å². The van der Waals surface area contributed by atoms with E-state index in [9.17, 15) is 4.39 Å². The second-order valence-electron chi connectivity index (χ2n) is 5.47. The molecule has 3 rings (SSSR count). The zero-order chi connectivity index (χ0) is 13.6. The number of halogens is 1. The Morgan fingerprint density at radius 3 is 2.89 bits per heavy atom. The maximum Gasteiger partial charge on any atom is 0.151 e.